The van der Waals surface area contributed by atoms with Crippen LogP contribution in [-0.2, 0) is 10.8 Å². The molecule has 1 aliphatic heterocycles. The largest absolute Gasteiger partial charge is 0.365 e. The quantitative estimate of drug-likeness (QED) is 0.942. The lowest BCUT2D eigenvalue weighted by molar-refractivity contribution is 0.622. The fourth-order valence-electron chi connectivity index (χ4n) is 2.47. The molecule has 3 heterocycles. The minimum absolute atomic E-state index is 0.365. The van der Waals surface area contributed by atoms with Gasteiger partial charge in [0.15, 0.2) is 5.82 Å². The van der Waals surface area contributed by atoms with Gasteiger partial charge in [0.05, 0.1) is 5.69 Å². The van der Waals surface area contributed by atoms with Crippen LogP contribution < -0.4 is 5.32 Å². The van der Waals surface area contributed by atoms with E-state index in [1.807, 2.05) is 10.7 Å². The monoisotopic (exact) mass is 292 g/mol. The Labute approximate surface area is 121 Å². The Bertz CT molecular complexity index is 627. The molecule has 0 saturated carbocycles. The number of fused-ring (bicyclic) bond motifs is 1. The van der Waals surface area contributed by atoms with E-state index in [1.54, 1.807) is 6.20 Å². The minimum atomic E-state index is -0.626. The molecule has 2 aromatic heterocycles. The van der Waals surface area contributed by atoms with Crippen LogP contribution in [0.4, 0.5) is 5.82 Å². The van der Waals surface area contributed by atoms with Crippen LogP contribution in [0, 0.1) is 0 Å². The smallest absolute Gasteiger partial charge is 0.152 e. The summed E-state index contributed by atoms with van der Waals surface area (Å²) in [5.74, 6) is 2.86. The second kappa shape index (κ2) is 5.52. The second-order valence-electron chi connectivity index (χ2n) is 5.60. The summed E-state index contributed by atoms with van der Waals surface area (Å²) in [6.45, 7) is 4.28. The Hall–Kier alpha value is -1.43. The minimum Gasteiger partial charge on any atom is -0.365 e. The van der Waals surface area contributed by atoms with Crippen LogP contribution in [0.1, 0.15) is 38.3 Å². The van der Waals surface area contributed by atoms with Gasteiger partial charge in [-0.05, 0) is 24.8 Å². The molecule has 3 rings (SSSR count). The topological polar surface area (TPSA) is 59.3 Å². The van der Waals surface area contributed by atoms with Crippen LogP contribution in [0.2, 0.25) is 0 Å². The van der Waals surface area contributed by atoms with E-state index in [-0.39, 0.29) is 0 Å². The maximum absolute atomic E-state index is 11.4. The Morgan fingerprint density at radius 3 is 2.85 bits per heavy atom. The predicted molar refractivity (Wildman–Crippen MR) is 81.6 cm³/mol. The number of nitrogens with zero attached hydrogens (tertiary/aromatic N) is 3. The van der Waals surface area contributed by atoms with Crippen LogP contribution >= 0.6 is 0 Å². The first kappa shape index (κ1) is 13.5. The molecule has 108 valence electrons. The Balaban J connectivity index is 1.85. The zero-order chi connectivity index (χ0) is 14.1. The number of hydrogen-bond acceptors (Lipinski definition) is 4. The summed E-state index contributed by atoms with van der Waals surface area (Å²) >= 11 is 0. The third kappa shape index (κ3) is 2.70. The molecule has 0 amide bonds. The summed E-state index contributed by atoms with van der Waals surface area (Å²) in [6.07, 6.45) is 5.54. The summed E-state index contributed by atoms with van der Waals surface area (Å²) in [6, 6.07) is 2.46. The lowest BCUT2D eigenvalue weighted by atomic mass is 10.1. The fourth-order valence-corrected chi connectivity index (χ4v) is 3.76. The first-order valence-corrected chi connectivity index (χ1v) is 8.58. The normalized spacial score (nSPS) is 23.4. The molecule has 0 atom stereocenters. The molecule has 0 spiro atoms. The molecule has 20 heavy (non-hydrogen) atoms. The lowest BCUT2D eigenvalue weighted by Gasteiger charge is -2.23. The molecular weight excluding hydrogens is 272 g/mol. The van der Waals surface area contributed by atoms with Gasteiger partial charge in [0, 0.05) is 40.7 Å². The Morgan fingerprint density at radius 1 is 1.40 bits per heavy atom. The van der Waals surface area contributed by atoms with Crippen LogP contribution in [0.5, 0.6) is 0 Å². The maximum Gasteiger partial charge on any atom is 0.152 e. The standard InChI is InChI=1S/C14H20N4OS/c1-10(2)12-9-13-14(15-5-6-18(13)17-12)16-11-3-7-20(19)8-4-11/h5-6,9-11H,3-4,7-8H2,1-2H3,(H,15,16). The fraction of sp³-hybridized carbons (Fsp3) is 0.571. The highest BCUT2D eigenvalue weighted by molar-refractivity contribution is 7.85. The van der Waals surface area contributed by atoms with Crippen molar-refractivity contribution in [2.24, 2.45) is 0 Å². The van der Waals surface area contributed by atoms with E-state index < -0.39 is 10.8 Å². The molecule has 0 aromatic carbocycles. The third-order valence-electron chi connectivity index (χ3n) is 3.73. The third-order valence-corrected chi connectivity index (χ3v) is 5.11. The first-order valence-electron chi connectivity index (χ1n) is 7.09. The van der Waals surface area contributed by atoms with Gasteiger partial charge in [-0.15, -0.1) is 0 Å². The van der Waals surface area contributed by atoms with Crippen LogP contribution in [0.25, 0.3) is 5.52 Å². The van der Waals surface area contributed by atoms with Gasteiger partial charge in [-0.3, -0.25) is 4.21 Å². The van der Waals surface area contributed by atoms with E-state index in [0.717, 1.165) is 41.4 Å². The van der Waals surface area contributed by atoms with Crippen molar-refractivity contribution >= 4 is 22.1 Å². The molecule has 1 fully saturated rings. The molecule has 0 unspecified atom stereocenters. The van der Waals surface area contributed by atoms with Crippen molar-refractivity contribution in [2.45, 2.75) is 38.6 Å². The second-order valence-corrected chi connectivity index (χ2v) is 7.29. The van der Waals surface area contributed by atoms with Crippen molar-refractivity contribution in [3.63, 3.8) is 0 Å². The average Bonchev–Trinajstić information content (AvgIpc) is 2.87. The summed E-state index contributed by atoms with van der Waals surface area (Å²) < 4.78 is 13.3. The van der Waals surface area contributed by atoms with E-state index in [4.69, 9.17) is 0 Å². The molecular formula is C14H20N4OS. The van der Waals surface area contributed by atoms with Gasteiger partial charge in [-0.25, -0.2) is 9.50 Å². The number of rotatable bonds is 3. The molecule has 1 saturated heterocycles. The Kier molecular flexibility index (Phi) is 3.74. The molecule has 1 aliphatic rings. The summed E-state index contributed by atoms with van der Waals surface area (Å²) in [7, 11) is -0.626. The van der Waals surface area contributed by atoms with E-state index in [1.165, 1.54) is 0 Å². The highest BCUT2D eigenvalue weighted by atomic mass is 32.2. The summed E-state index contributed by atoms with van der Waals surface area (Å²) in [5, 5.41) is 8.06. The van der Waals surface area contributed by atoms with Gasteiger partial charge in [0.2, 0.25) is 0 Å². The lowest BCUT2D eigenvalue weighted by Crippen LogP contribution is -2.29. The van der Waals surface area contributed by atoms with Gasteiger partial charge >= 0.3 is 0 Å². The van der Waals surface area contributed by atoms with Gasteiger partial charge in [0.1, 0.15) is 5.52 Å². The highest BCUT2D eigenvalue weighted by Gasteiger charge is 2.19. The van der Waals surface area contributed by atoms with Crippen molar-refractivity contribution in [1.82, 2.24) is 14.6 Å². The van der Waals surface area contributed by atoms with E-state index in [0.29, 0.717) is 12.0 Å². The molecule has 0 radical (unpaired) electrons. The van der Waals surface area contributed by atoms with E-state index in [9.17, 15) is 4.21 Å². The zero-order valence-electron chi connectivity index (χ0n) is 11.9. The summed E-state index contributed by atoms with van der Waals surface area (Å²) in [5.41, 5.74) is 2.09. The molecule has 5 nitrogen and oxygen atoms in total. The molecule has 0 aliphatic carbocycles. The number of aromatic nitrogens is 3. The first-order chi connectivity index (χ1) is 9.63. The average molecular weight is 292 g/mol. The molecule has 2 aromatic rings. The molecule has 0 bridgehead atoms. The van der Waals surface area contributed by atoms with Crippen molar-refractivity contribution < 1.29 is 4.21 Å². The van der Waals surface area contributed by atoms with Gasteiger partial charge in [0.25, 0.3) is 0 Å². The number of hydrogen-bond donors (Lipinski definition) is 1. The number of nitrogens with one attached hydrogen (secondary N) is 1. The molecule has 1 N–H and O–H groups in total. The van der Waals surface area contributed by atoms with E-state index >= 15 is 0 Å². The molecule has 6 heteroatoms. The van der Waals surface area contributed by atoms with Crippen molar-refractivity contribution in [2.75, 3.05) is 16.8 Å². The summed E-state index contributed by atoms with van der Waals surface area (Å²) in [4.78, 5) is 4.44. The van der Waals surface area contributed by atoms with Crippen molar-refractivity contribution in [3.05, 3.63) is 24.2 Å². The van der Waals surface area contributed by atoms with Crippen LogP contribution in [0.15, 0.2) is 18.5 Å². The van der Waals surface area contributed by atoms with Gasteiger partial charge in [-0.2, -0.15) is 5.10 Å². The van der Waals surface area contributed by atoms with Crippen LogP contribution in [0.3, 0.4) is 0 Å². The van der Waals surface area contributed by atoms with Crippen molar-refractivity contribution in [1.29, 1.82) is 0 Å². The van der Waals surface area contributed by atoms with Gasteiger partial charge in [-0.1, -0.05) is 13.8 Å². The van der Waals surface area contributed by atoms with E-state index in [2.05, 4.69) is 35.3 Å². The Morgan fingerprint density at radius 2 is 2.15 bits per heavy atom. The van der Waals surface area contributed by atoms with Gasteiger partial charge < -0.3 is 5.32 Å². The maximum atomic E-state index is 11.4. The highest BCUT2D eigenvalue weighted by Crippen LogP contribution is 2.22. The zero-order valence-corrected chi connectivity index (χ0v) is 12.7. The number of anilines is 1. The SMILES string of the molecule is CC(C)c1cc2c(NC3CCS(=O)CC3)nccn2n1. The van der Waals surface area contributed by atoms with Crippen molar-refractivity contribution in [3.8, 4) is 0 Å². The predicted octanol–water partition coefficient (Wildman–Crippen LogP) is 2.18. The van der Waals surface area contributed by atoms with Crippen LogP contribution in [-0.4, -0.2) is 36.4 Å².